The fourth-order valence-electron chi connectivity index (χ4n) is 2.14. The maximum Gasteiger partial charge on any atom is 0.188 e. The average molecular weight is 273 g/mol. The molecule has 4 heteroatoms. The molecule has 0 saturated carbocycles. The van der Waals surface area contributed by atoms with Gasteiger partial charge < -0.3 is 14.4 Å². The van der Waals surface area contributed by atoms with E-state index in [9.17, 15) is 0 Å². The van der Waals surface area contributed by atoms with Gasteiger partial charge in [-0.25, -0.2) is 0 Å². The van der Waals surface area contributed by atoms with Gasteiger partial charge >= 0.3 is 0 Å². The molecule has 0 N–H and O–H groups in total. The van der Waals surface area contributed by atoms with Gasteiger partial charge in [0.2, 0.25) is 0 Å². The van der Waals surface area contributed by atoms with E-state index in [0.717, 1.165) is 5.75 Å². The number of fused-ring (bicyclic) bond motifs is 2. The van der Waals surface area contributed by atoms with E-state index in [-0.39, 0.29) is 6.79 Å². The van der Waals surface area contributed by atoms with Crippen molar-refractivity contribution < 1.29 is 9.47 Å². The van der Waals surface area contributed by atoms with Gasteiger partial charge in [0.05, 0.1) is 11.4 Å². The van der Waals surface area contributed by atoms with Gasteiger partial charge in [-0.15, -0.1) is 0 Å². The molecule has 0 atom stereocenters. The van der Waals surface area contributed by atoms with Crippen molar-refractivity contribution >= 4 is 23.1 Å². The number of hydrogen-bond acceptors (Lipinski definition) is 4. The van der Waals surface area contributed by atoms with Crippen LogP contribution >= 0.6 is 11.8 Å². The van der Waals surface area contributed by atoms with E-state index in [1.807, 2.05) is 6.07 Å². The first-order chi connectivity index (χ1) is 9.29. The highest BCUT2D eigenvalue weighted by Gasteiger charge is 2.20. The Labute approximate surface area is 117 Å². The molecule has 1 aliphatic heterocycles. The number of anilines is 2. The predicted octanol–water partition coefficient (Wildman–Crippen LogP) is 3.90. The number of rotatable bonds is 3. The van der Waals surface area contributed by atoms with Crippen LogP contribution in [-0.2, 0) is 4.74 Å². The Morgan fingerprint density at radius 2 is 1.84 bits per heavy atom. The second-order valence-corrected chi connectivity index (χ2v) is 5.39. The van der Waals surface area contributed by atoms with Gasteiger partial charge in [0.1, 0.15) is 5.75 Å². The number of hydrogen-bond donors (Lipinski definition) is 0. The molecule has 2 aromatic carbocycles. The number of para-hydroxylation sites is 1. The summed E-state index contributed by atoms with van der Waals surface area (Å²) in [4.78, 5) is 4.68. The predicted molar refractivity (Wildman–Crippen MR) is 77.6 cm³/mol. The third-order valence-corrected chi connectivity index (χ3v) is 4.19. The lowest BCUT2D eigenvalue weighted by molar-refractivity contribution is 0.0510. The van der Waals surface area contributed by atoms with Gasteiger partial charge in [-0.1, -0.05) is 23.9 Å². The Kier molecular flexibility index (Phi) is 3.36. The second-order valence-electron chi connectivity index (χ2n) is 4.31. The largest absolute Gasteiger partial charge is 0.468 e. The Morgan fingerprint density at radius 1 is 1.05 bits per heavy atom. The zero-order valence-electron chi connectivity index (χ0n) is 10.9. The van der Waals surface area contributed by atoms with Crippen LogP contribution in [0.25, 0.3) is 0 Å². The van der Waals surface area contributed by atoms with E-state index in [2.05, 4.69) is 48.3 Å². The summed E-state index contributed by atoms with van der Waals surface area (Å²) >= 11 is 1.77. The Bertz CT molecular complexity index is 600. The van der Waals surface area contributed by atoms with E-state index in [4.69, 9.17) is 9.47 Å². The molecule has 98 valence electrons. The molecule has 1 heterocycles. The normalized spacial score (nSPS) is 12.8. The molecule has 0 fully saturated rings. The van der Waals surface area contributed by atoms with Crippen molar-refractivity contribution in [2.24, 2.45) is 0 Å². The Balaban J connectivity index is 1.96. The molecule has 0 radical (unpaired) electrons. The average Bonchev–Trinajstić information content (AvgIpc) is 2.45. The SMILES string of the molecule is COCOc1ccc2c(c1)Sc1ccccc1N2C. The van der Waals surface area contributed by atoms with Crippen molar-refractivity contribution in [1.29, 1.82) is 0 Å². The van der Waals surface area contributed by atoms with Gasteiger partial charge in [0.25, 0.3) is 0 Å². The molecule has 2 aromatic rings. The fraction of sp³-hybridized carbons (Fsp3) is 0.200. The lowest BCUT2D eigenvalue weighted by Crippen LogP contribution is -2.14. The van der Waals surface area contributed by atoms with Crippen LogP contribution in [0.2, 0.25) is 0 Å². The minimum Gasteiger partial charge on any atom is -0.468 e. The van der Waals surface area contributed by atoms with Gasteiger partial charge in [-0.05, 0) is 30.3 Å². The first-order valence-corrected chi connectivity index (χ1v) is 6.87. The molecule has 0 bridgehead atoms. The Hall–Kier alpha value is -1.65. The number of methoxy groups -OCH3 is 1. The summed E-state index contributed by atoms with van der Waals surface area (Å²) < 4.78 is 10.4. The molecule has 0 amide bonds. The van der Waals surface area contributed by atoms with Crippen LogP contribution in [0.4, 0.5) is 11.4 Å². The van der Waals surface area contributed by atoms with E-state index in [0.29, 0.717) is 0 Å². The van der Waals surface area contributed by atoms with Crippen LogP contribution in [0.5, 0.6) is 5.75 Å². The second kappa shape index (κ2) is 5.15. The minimum atomic E-state index is 0.274. The molecule has 3 rings (SSSR count). The minimum absolute atomic E-state index is 0.274. The third kappa shape index (κ3) is 2.29. The quantitative estimate of drug-likeness (QED) is 0.791. The highest BCUT2D eigenvalue weighted by atomic mass is 32.2. The lowest BCUT2D eigenvalue weighted by Gasteiger charge is -2.29. The molecule has 3 nitrogen and oxygen atoms in total. The maximum atomic E-state index is 5.49. The van der Waals surface area contributed by atoms with E-state index in [1.54, 1.807) is 18.9 Å². The van der Waals surface area contributed by atoms with Gasteiger partial charge in [0.15, 0.2) is 6.79 Å². The number of nitrogens with zero attached hydrogens (tertiary/aromatic N) is 1. The molecule has 1 aliphatic rings. The first kappa shape index (κ1) is 12.4. The van der Waals surface area contributed by atoms with Gasteiger partial charge in [-0.3, -0.25) is 0 Å². The van der Waals surface area contributed by atoms with Crippen molar-refractivity contribution in [1.82, 2.24) is 0 Å². The van der Waals surface area contributed by atoms with Crippen molar-refractivity contribution in [2.75, 3.05) is 25.9 Å². The summed E-state index contributed by atoms with van der Waals surface area (Å²) in [6.45, 7) is 0.274. The van der Waals surface area contributed by atoms with Gasteiger partial charge in [0, 0.05) is 23.9 Å². The zero-order chi connectivity index (χ0) is 13.2. The van der Waals surface area contributed by atoms with Gasteiger partial charge in [-0.2, -0.15) is 0 Å². The zero-order valence-corrected chi connectivity index (χ0v) is 11.7. The van der Waals surface area contributed by atoms with Crippen molar-refractivity contribution in [3.63, 3.8) is 0 Å². The molecular formula is C15H15NO2S. The molecular weight excluding hydrogens is 258 g/mol. The van der Waals surface area contributed by atoms with Crippen LogP contribution in [0.15, 0.2) is 52.3 Å². The highest BCUT2D eigenvalue weighted by molar-refractivity contribution is 7.99. The Morgan fingerprint density at radius 3 is 2.68 bits per heavy atom. The van der Waals surface area contributed by atoms with Crippen molar-refractivity contribution in [2.45, 2.75) is 9.79 Å². The van der Waals surface area contributed by atoms with Crippen LogP contribution in [0, 0.1) is 0 Å². The molecule has 0 spiro atoms. The molecule has 0 aromatic heterocycles. The molecule has 0 unspecified atom stereocenters. The lowest BCUT2D eigenvalue weighted by atomic mass is 10.2. The summed E-state index contributed by atoms with van der Waals surface area (Å²) in [6, 6.07) is 14.5. The summed E-state index contributed by atoms with van der Waals surface area (Å²) in [7, 11) is 3.71. The van der Waals surface area contributed by atoms with Crippen molar-refractivity contribution in [3.8, 4) is 5.75 Å². The summed E-state index contributed by atoms with van der Waals surface area (Å²) in [5.74, 6) is 0.834. The fourth-order valence-corrected chi connectivity index (χ4v) is 3.32. The topological polar surface area (TPSA) is 21.7 Å². The van der Waals surface area contributed by atoms with E-state index < -0.39 is 0 Å². The van der Waals surface area contributed by atoms with Crippen molar-refractivity contribution in [3.05, 3.63) is 42.5 Å². The highest BCUT2D eigenvalue weighted by Crippen LogP contribution is 2.48. The van der Waals surface area contributed by atoms with Crippen LogP contribution in [0.3, 0.4) is 0 Å². The standard InChI is InChI=1S/C15H15NO2S/c1-16-12-5-3-4-6-14(12)19-15-9-11(18-10-17-2)7-8-13(15)16/h3-9H,10H2,1-2H3. The first-order valence-electron chi connectivity index (χ1n) is 6.06. The molecule has 0 aliphatic carbocycles. The van der Waals surface area contributed by atoms with E-state index in [1.165, 1.54) is 21.2 Å². The van der Waals surface area contributed by atoms with Crippen LogP contribution in [0.1, 0.15) is 0 Å². The van der Waals surface area contributed by atoms with E-state index >= 15 is 0 Å². The third-order valence-electron chi connectivity index (χ3n) is 3.08. The molecule has 19 heavy (non-hydrogen) atoms. The summed E-state index contributed by atoms with van der Waals surface area (Å²) in [6.07, 6.45) is 0. The summed E-state index contributed by atoms with van der Waals surface area (Å²) in [5, 5.41) is 0. The van der Waals surface area contributed by atoms with Crippen LogP contribution < -0.4 is 9.64 Å². The monoisotopic (exact) mass is 273 g/mol. The summed E-state index contributed by atoms with van der Waals surface area (Å²) in [5.41, 5.74) is 2.44. The van der Waals surface area contributed by atoms with Crippen LogP contribution in [-0.4, -0.2) is 21.0 Å². The number of ether oxygens (including phenoxy) is 2. The smallest absolute Gasteiger partial charge is 0.188 e. The number of benzene rings is 2. The molecule has 0 saturated heterocycles. The maximum absolute atomic E-state index is 5.49.